The van der Waals surface area contributed by atoms with Crippen molar-refractivity contribution in [2.45, 2.75) is 32.6 Å². The van der Waals surface area contributed by atoms with Crippen LogP contribution in [0.4, 0.5) is 5.69 Å². The van der Waals surface area contributed by atoms with E-state index in [2.05, 4.69) is 13.8 Å². The summed E-state index contributed by atoms with van der Waals surface area (Å²) >= 11 is 13.8. The number of aliphatic hydroxyl groups excluding tert-OH is 1. The Morgan fingerprint density at radius 1 is 1.03 bits per heavy atom. The molecule has 35 heavy (non-hydrogen) atoms. The zero-order valence-corrected chi connectivity index (χ0v) is 21.6. The molecule has 0 amide bonds. The van der Waals surface area contributed by atoms with Gasteiger partial charge in [0.25, 0.3) is 0 Å². The van der Waals surface area contributed by atoms with Crippen molar-refractivity contribution < 1.29 is 9.90 Å². The van der Waals surface area contributed by atoms with E-state index in [-0.39, 0.29) is 22.8 Å². The van der Waals surface area contributed by atoms with Gasteiger partial charge in [-0.2, -0.15) is 0 Å². The summed E-state index contributed by atoms with van der Waals surface area (Å²) in [7, 11) is 0. The van der Waals surface area contributed by atoms with E-state index in [1.54, 1.807) is 41.3 Å². The van der Waals surface area contributed by atoms with Gasteiger partial charge in [0.05, 0.1) is 11.5 Å². The lowest BCUT2D eigenvalue weighted by Crippen LogP contribution is -2.45. The van der Waals surface area contributed by atoms with E-state index in [1.165, 1.54) is 11.3 Å². The first-order chi connectivity index (χ1) is 16.7. The van der Waals surface area contributed by atoms with Crippen LogP contribution in [0, 0.1) is 10.8 Å². The molecule has 2 N–H and O–H groups in total. The minimum absolute atomic E-state index is 0.0341. The smallest absolute Gasteiger partial charge is 0.162 e. The molecule has 0 spiro atoms. The van der Waals surface area contributed by atoms with Gasteiger partial charge in [-0.3, -0.25) is 15.1 Å². The average Bonchev–Trinajstić information content (AvgIpc) is 3.33. The van der Waals surface area contributed by atoms with Crippen LogP contribution >= 0.6 is 34.5 Å². The number of nitrogens with zero attached hydrogens (tertiary/aromatic N) is 1. The lowest BCUT2D eigenvalue weighted by Gasteiger charge is -2.45. The van der Waals surface area contributed by atoms with E-state index in [1.807, 2.05) is 29.6 Å². The number of thiophene rings is 1. The van der Waals surface area contributed by atoms with E-state index >= 15 is 0 Å². The summed E-state index contributed by atoms with van der Waals surface area (Å²) < 4.78 is 0. The molecule has 5 rings (SSSR count). The monoisotopic (exact) mass is 522 g/mol. The number of anilines is 1. The molecule has 1 unspecified atom stereocenters. The molecule has 0 fully saturated rings. The Morgan fingerprint density at radius 2 is 1.66 bits per heavy atom. The standard InChI is InChI=1S/C28H24Cl2N2O2S/c1-28(2)14-20-23(21(33)15-28)24(22-4-3-13-35-22)25(26(34)16-5-7-17(29)8-6-16)27(31)32(20)19-11-9-18(30)10-12-19/h3-13,24,31,34H,14-15H2,1-2H3/b26-25+,31-27?. The van der Waals surface area contributed by atoms with Gasteiger partial charge in [0.1, 0.15) is 11.6 Å². The van der Waals surface area contributed by atoms with Gasteiger partial charge in [-0.05, 0) is 71.8 Å². The number of benzene rings is 2. The van der Waals surface area contributed by atoms with Crippen LogP contribution in [-0.4, -0.2) is 16.7 Å². The highest BCUT2D eigenvalue weighted by atomic mass is 35.5. The van der Waals surface area contributed by atoms with E-state index in [9.17, 15) is 15.3 Å². The van der Waals surface area contributed by atoms with Gasteiger partial charge in [-0.15, -0.1) is 11.3 Å². The van der Waals surface area contributed by atoms with Crippen molar-refractivity contribution in [1.29, 1.82) is 5.41 Å². The van der Waals surface area contributed by atoms with E-state index in [4.69, 9.17) is 23.2 Å². The maximum atomic E-state index is 13.7. The molecule has 0 saturated heterocycles. The minimum Gasteiger partial charge on any atom is -0.507 e. The molecule has 1 aromatic heterocycles. The van der Waals surface area contributed by atoms with Crippen molar-refractivity contribution in [3.8, 4) is 0 Å². The summed E-state index contributed by atoms with van der Waals surface area (Å²) in [5, 5.41) is 24.1. The number of aliphatic hydroxyl groups is 1. The van der Waals surface area contributed by atoms with Crippen molar-refractivity contribution in [3.63, 3.8) is 0 Å². The molecule has 3 aromatic rings. The third-order valence-electron chi connectivity index (χ3n) is 6.51. The summed E-state index contributed by atoms with van der Waals surface area (Å²) in [5.41, 5.74) is 2.87. The van der Waals surface area contributed by atoms with Crippen molar-refractivity contribution in [2.75, 3.05) is 4.90 Å². The largest absolute Gasteiger partial charge is 0.507 e. The lowest BCUT2D eigenvalue weighted by atomic mass is 9.68. The third kappa shape index (κ3) is 4.33. The Labute approximate surface area is 218 Å². The summed E-state index contributed by atoms with van der Waals surface area (Å²) in [6.07, 6.45) is 1.04. The fourth-order valence-electron chi connectivity index (χ4n) is 4.99. The maximum absolute atomic E-state index is 13.7. The van der Waals surface area contributed by atoms with Gasteiger partial charge >= 0.3 is 0 Å². The number of amidine groups is 1. The fraction of sp³-hybridized carbons (Fsp3) is 0.214. The minimum atomic E-state index is -0.527. The fourth-order valence-corrected chi connectivity index (χ4v) is 6.09. The molecule has 4 nitrogen and oxygen atoms in total. The van der Waals surface area contributed by atoms with Crippen LogP contribution in [0.3, 0.4) is 0 Å². The van der Waals surface area contributed by atoms with Gasteiger partial charge in [-0.1, -0.05) is 43.1 Å². The Kier molecular flexibility index (Phi) is 6.12. The second-order valence-corrected chi connectivity index (χ2v) is 11.5. The summed E-state index contributed by atoms with van der Waals surface area (Å²) in [5.74, 6) is -0.376. The van der Waals surface area contributed by atoms with Crippen LogP contribution in [0.25, 0.3) is 5.76 Å². The normalized spacial score (nSPS) is 21.3. The van der Waals surface area contributed by atoms with Crippen LogP contribution in [0.2, 0.25) is 10.0 Å². The Balaban J connectivity index is 1.82. The SMILES string of the molecule is CC1(C)CC(=O)C2=C(C1)N(c1ccc(Cl)cc1)C(=N)/C(=C(/O)c1ccc(Cl)cc1)C2c1cccs1. The average molecular weight is 523 g/mol. The quantitative estimate of drug-likeness (QED) is 0.340. The molecule has 1 aliphatic carbocycles. The molecule has 2 aliphatic rings. The summed E-state index contributed by atoms with van der Waals surface area (Å²) in [6, 6.07) is 18.0. The van der Waals surface area contributed by atoms with Gasteiger partial charge in [-0.25, -0.2) is 0 Å². The number of nitrogens with one attached hydrogen (secondary N) is 1. The summed E-state index contributed by atoms with van der Waals surface area (Å²) in [4.78, 5) is 16.5. The highest BCUT2D eigenvalue weighted by molar-refractivity contribution is 7.10. The van der Waals surface area contributed by atoms with Crippen LogP contribution in [0.1, 0.15) is 43.0 Å². The van der Waals surface area contributed by atoms with Crippen molar-refractivity contribution in [2.24, 2.45) is 5.41 Å². The molecule has 0 radical (unpaired) electrons. The molecule has 2 heterocycles. The predicted octanol–water partition coefficient (Wildman–Crippen LogP) is 8.25. The second kappa shape index (κ2) is 8.98. The highest BCUT2D eigenvalue weighted by Gasteiger charge is 2.47. The second-order valence-electron chi connectivity index (χ2n) is 9.68. The van der Waals surface area contributed by atoms with Crippen molar-refractivity contribution in [3.05, 3.63) is 103 Å². The first kappa shape index (κ1) is 23.9. The van der Waals surface area contributed by atoms with Gasteiger partial charge in [0, 0.05) is 43.9 Å². The van der Waals surface area contributed by atoms with Gasteiger partial charge in [0.15, 0.2) is 5.78 Å². The Bertz CT molecular complexity index is 1370. The zero-order chi connectivity index (χ0) is 24.9. The van der Waals surface area contributed by atoms with Crippen LogP contribution in [0.15, 0.2) is 82.9 Å². The van der Waals surface area contributed by atoms with E-state index in [0.717, 1.165) is 16.3 Å². The number of allylic oxidation sites excluding steroid dienone is 2. The maximum Gasteiger partial charge on any atom is 0.162 e. The van der Waals surface area contributed by atoms with Gasteiger partial charge < -0.3 is 5.11 Å². The first-order valence-electron chi connectivity index (χ1n) is 11.3. The molecule has 2 aromatic carbocycles. The van der Waals surface area contributed by atoms with Gasteiger partial charge in [0.2, 0.25) is 0 Å². The number of hydrogen-bond donors (Lipinski definition) is 2. The molecule has 0 bridgehead atoms. The van der Waals surface area contributed by atoms with E-state index < -0.39 is 5.92 Å². The topological polar surface area (TPSA) is 64.4 Å². The number of ketones is 1. The molecular weight excluding hydrogens is 499 g/mol. The van der Waals surface area contributed by atoms with E-state index in [0.29, 0.717) is 39.6 Å². The number of Topliss-reactive ketones (excluding diaryl/α,β-unsaturated/α-hetero) is 1. The molecule has 7 heteroatoms. The van der Waals surface area contributed by atoms with Crippen LogP contribution < -0.4 is 4.90 Å². The third-order valence-corrected chi connectivity index (χ3v) is 7.95. The Morgan fingerprint density at radius 3 is 2.26 bits per heavy atom. The molecule has 178 valence electrons. The lowest BCUT2D eigenvalue weighted by molar-refractivity contribution is -0.118. The predicted molar refractivity (Wildman–Crippen MR) is 145 cm³/mol. The van der Waals surface area contributed by atoms with Crippen molar-refractivity contribution >= 4 is 57.6 Å². The Hall–Kier alpha value is -2.86. The van der Waals surface area contributed by atoms with Crippen LogP contribution in [-0.2, 0) is 4.79 Å². The molecular formula is C28H24Cl2N2O2S. The number of hydrogen-bond acceptors (Lipinski definition) is 4. The number of carbonyl (C=O) groups is 1. The highest BCUT2D eigenvalue weighted by Crippen LogP contribution is 2.52. The number of halogens is 2. The first-order valence-corrected chi connectivity index (χ1v) is 12.9. The molecule has 1 aliphatic heterocycles. The molecule has 1 atom stereocenters. The number of carbonyl (C=O) groups excluding carboxylic acids is 1. The molecule has 0 saturated carbocycles. The van der Waals surface area contributed by atoms with Crippen LogP contribution in [0.5, 0.6) is 0 Å². The van der Waals surface area contributed by atoms with Crippen molar-refractivity contribution in [1.82, 2.24) is 0 Å². The number of rotatable bonds is 3. The summed E-state index contributed by atoms with van der Waals surface area (Å²) in [6.45, 7) is 4.16. The zero-order valence-electron chi connectivity index (χ0n) is 19.3.